The molecule has 0 aromatic heterocycles. The number of rotatable bonds is 3. The van der Waals surface area contributed by atoms with Crippen molar-refractivity contribution in [1.82, 2.24) is 5.32 Å². The Morgan fingerprint density at radius 1 is 1.44 bits per heavy atom. The maximum atomic E-state index is 11.7. The van der Waals surface area contributed by atoms with Crippen molar-refractivity contribution in [3.8, 4) is 0 Å². The van der Waals surface area contributed by atoms with E-state index >= 15 is 0 Å². The van der Waals surface area contributed by atoms with Crippen molar-refractivity contribution in [2.24, 2.45) is 0 Å². The van der Waals surface area contributed by atoms with Gasteiger partial charge in [-0.15, -0.1) is 0 Å². The van der Waals surface area contributed by atoms with Crippen LogP contribution in [-0.2, 0) is 4.79 Å². The van der Waals surface area contributed by atoms with Crippen LogP contribution in [0.25, 0.3) is 0 Å². The Kier molecular flexibility index (Phi) is 3.90. The Labute approximate surface area is 98.2 Å². The highest BCUT2D eigenvalue weighted by molar-refractivity contribution is 6.31. The van der Waals surface area contributed by atoms with E-state index in [1.807, 2.05) is 0 Å². The zero-order valence-electron chi connectivity index (χ0n) is 8.95. The molecule has 0 aliphatic rings. The molecule has 86 valence electrons. The molecule has 16 heavy (non-hydrogen) atoms. The normalized spacial score (nSPS) is 11.9. The summed E-state index contributed by atoms with van der Waals surface area (Å²) in [6, 6.07) is 3.98. The number of hydrogen-bond acceptors (Lipinski definition) is 2. The van der Waals surface area contributed by atoms with Gasteiger partial charge in [0.2, 0.25) is 0 Å². The van der Waals surface area contributed by atoms with Gasteiger partial charge in [0.25, 0.3) is 5.91 Å². The van der Waals surface area contributed by atoms with Gasteiger partial charge < -0.3 is 10.4 Å². The molecular formula is C11H12ClNO3. The fourth-order valence-corrected chi connectivity index (χ4v) is 1.35. The summed E-state index contributed by atoms with van der Waals surface area (Å²) >= 11 is 5.76. The smallest absolute Gasteiger partial charge is 0.325 e. The Morgan fingerprint density at radius 2 is 2.06 bits per heavy atom. The number of nitrogens with one attached hydrogen (secondary N) is 1. The topological polar surface area (TPSA) is 66.4 Å². The predicted molar refractivity (Wildman–Crippen MR) is 60.8 cm³/mol. The third kappa shape index (κ3) is 2.97. The lowest BCUT2D eigenvalue weighted by molar-refractivity contribution is -0.138. The average molecular weight is 242 g/mol. The van der Waals surface area contributed by atoms with Gasteiger partial charge in [-0.3, -0.25) is 9.59 Å². The van der Waals surface area contributed by atoms with E-state index in [0.717, 1.165) is 5.56 Å². The molecule has 1 rings (SSSR count). The minimum atomic E-state index is -1.08. The van der Waals surface area contributed by atoms with Gasteiger partial charge in [-0.25, -0.2) is 0 Å². The molecule has 1 amide bonds. The van der Waals surface area contributed by atoms with E-state index in [9.17, 15) is 9.59 Å². The minimum Gasteiger partial charge on any atom is -0.480 e. The van der Waals surface area contributed by atoms with Crippen LogP contribution in [0.15, 0.2) is 18.2 Å². The van der Waals surface area contributed by atoms with E-state index in [4.69, 9.17) is 16.7 Å². The number of carboxylic acid groups (broad SMARTS) is 1. The Morgan fingerprint density at radius 3 is 2.62 bits per heavy atom. The highest BCUT2D eigenvalue weighted by atomic mass is 35.5. The fraction of sp³-hybridized carbons (Fsp3) is 0.273. The molecule has 1 aromatic carbocycles. The van der Waals surface area contributed by atoms with Gasteiger partial charge >= 0.3 is 5.97 Å². The number of carbonyl (C=O) groups excluding carboxylic acids is 1. The summed E-state index contributed by atoms with van der Waals surface area (Å²) in [6.45, 7) is 3.16. The van der Waals surface area contributed by atoms with Gasteiger partial charge in [0.15, 0.2) is 0 Å². The molecule has 0 aliphatic heterocycles. The van der Waals surface area contributed by atoms with Crippen molar-refractivity contribution in [2.45, 2.75) is 19.9 Å². The summed E-state index contributed by atoms with van der Waals surface area (Å²) in [5, 5.41) is 11.5. The third-order valence-electron chi connectivity index (χ3n) is 2.16. The van der Waals surface area contributed by atoms with Crippen LogP contribution in [-0.4, -0.2) is 23.0 Å². The van der Waals surface area contributed by atoms with Gasteiger partial charge in [0.05, 0.1) is 0 Å². The number of carbonyl (C=O) groups is 2. The molecule has 5 heteroatoms. The van der Waals surface area contributed by atoms with E-state index in [1.165, 1.54) is 13.0 Å². The van der Waals surface area contributed by atoms with Gasteiger partial charge in [0.1, 0.15) is 6.04 Å². The summed E-state index contributed by atoms with van der Waals surface area (Å²) in [5.74, 6) is -1.51. The quantitative estimate of drug-likeness (QED) is 0.849. The summed E-state index contributed by atoms with van der Waals surface area (Å²) in [4.78, 5) is 22.3. The van der Waals surface area contributed by atoms with Crippen LogP contribution in [0.5, 0.6) is 0 Å². The van der Waals surface area contributed by atoms with E-state index in [2.05, 4.69) is 5.32 Å². The molecule has 0 heterocycles. The van der Waals surface area contributed by atoms with Crippen molar-refractivity contribution in [3.63, 3.8) is 0 Å². The maximum Gasteiger partial charge on any atom is 0.325 e. The lowest BCUT2D eigenvalue weighted by Crippen LogP contribution is -2.38. The number of hydrogen-bond donors (Lipinski definition) is 2. The monoisotopic (exact) mass is 241 g/mol. The number of halogens is 1. The zero-order chi connectivity index (χ0) is 12.3. The van der Waals surface area contributed by atoms with Gasteiger partial charge in [0, 0.05) is 10.6 Å². The maximum absolute atomic E-state index is 11.7. The van der Waals surface area contributed by atoms with Crippen LogP contribution < -0.4 is 5.32 Å². The highest BCUT2D eigenvalue weighted by Gasteiger charge is 2.16. The largest absolute Gasteiger partial charge is 0.480 e. The third-order valence-corrected chi connectivity index (χ3v) is 2.40. The molecule has 2 N–H and O–H groups in total. The van der Waals surface area contributed by atoms with Crippen molar-refractivity contribution >= 4 is 23.5 Å². The second-order valence-electron chi connectivity index (χ2n) is 3.49. The summed E-state index contributed by atoms with van der Waals surface area (Å²) in [6.07, 6.45) is 0. The van der Waals surface area contributed by atoms with E-state index in [-0.39, 0.29) is 0 Å². The van der Waals surface area contributed by atoms with Gasteiger partial charge in [-0.1, -0.05) is 17.7 Å². The molecule has 0 aliphatic carbocycles. The molecule has 0 bridgehead atoms. The molecule has 0 saturated heterocycles. The number of carboxylic acids is 1. The first-order valence-electron chi connectivity index (χ1n) is 4.71. The first-order chi connectivity index (χ1) is 7.41. The van der Waals surface area contributed by atoms with Crippen LogP contribution in [0.3, 0.4) is 0 Å². The Hall–Kier alpha value is -1.55. The summed E-state index contributed by atoms with van der Waals surface area (Å²) < 4.78 is 0. The Bertz CT molecular complexity index is 431. The van der Waals surface area contributed by atoms with E-state index in [1.54, 1.807) is 19.1 Å². The van der Waals surface area contributed by atoms with Crippen LogP contribution in [0.4, 0.5) is 0 Å². The van der Waals surface area contributed by atoms with Gasteiger partial charge in [-0.2, -0.15) is 0 Å². The number of benzene rings is 1. The molecule has 4 nitrogen and oxygen atoms in total. The molecule has 0 fully saturated rings. The predicted octanol–water partition coefficient (Wildman–Crippen LogP) is 1.85. The molecule has 0 radical (unpaired) electrons. The summed E-state index contributed by atoms with van der Waals surface area (Å²) in [5.41, 5.74) is 1.14. The molecule has 1 atom stereocenters. The molecular weight excluding hydrogens is 230 g/mol. The number of aryl methyl sites for hydroxylation is 1. The van der Waals surface area contributed by atoms with Crippen LogP contribution in [0.2, 0.25) is 5.02 Å². The lowest BCUT2D eigenvalue weighted by Gasteiger charge is -2.11. The highest BCUT2D eigenvalue weighted by Crippen LogP contribution is 2.15. The van der Waals surface area contributed by atoms with Crippen LogP contribution in [0, 0.1) is 6.92 Å². The molecule has 1 aromatic rings. The van der Waals surface area contributed by atoms with Crippen molar-refractivity contribution in [1.29, 1.82) is 0 Å². The first-order valence-corrected chi connectivity index (χ1v) is 5.09. The second-order valence-corrected chi connectivity index (χ2v) is 3.93. The standard InChI is InChI=1S/C11H12ClNO3/c1-6-3-4-8(12)5-9(6)10(14)13-7(2)11(15)16/h3-5,7H,1-2H3,(H,13,14)(H,15,16)/t7-/m0/s1. The first kappa shape index (κ1) is 12.5. The van der Waals surface area contributed by atoms with Crippen molar-refractivity contribution in [3.05, 3.63) is 34.3 Å². The van der Waals surface area contributed by atoms with Crippen molar-refractivity contribution < 1.29 is 14.7 Å². The Balaban J connectivity index is 2.88. The van der Waals surface area contributed by atoms with Crippen molar-refractivity contribution in [2.75, 3.05) is 0 Å². The van der Waals surface area contributed by atoms with Crippen LogP contribution in [0.1, 0.15) is 22.8 Å². The molecule has 0 spiro atoms. The van der Waals surface area contributed by atoms with Gasteiger partial charge in [-0.05, 0) is 31.5 Å². The van der Waals surface area contributed by atoms with E-state index < -0.39 is 17.9 Å². The zero-order valence-corrected chi connectivity index (χ0v) is 9.71. The second kappa shape index (κ2) is 4.99. The molecule has 0 saturated carbocycles. The lowest BCUT2D eigenvalue weighted by atomic mass is 10.1. The van der Waals surface area contributed by atoms with Crippen LogP contribution >= 0.6 is 11.6 Å². The number of aliphatic carboxylic acids is 1. The fourth-order valence-electron chi connectivity index (χ4n) is 1.17. The average Bonchev–Trinajstić information content (AvgIpc) is 2.21. The number of amides is 1. The SMILES string of the molecule is Cc1ccc(Cl)cc1C(=O)N[C@@H](C)C(=O)O. The minimum absolute atomic E-state index is 0.389. The molecule has 0 unspecified atom stereocenters. The summed E-state index contributed by atoms with van der Waals surface area (Å²) in [7, 11) is 0. The van der Waals surface area contributed by atoms with E-state index in [0.29, 0.717) is 10.6 Å².